The summed E-state index contributed by atoms with van der Waals surface area (Å²) in [4.78, 5) is 15.5. The van der Waals surface area contributed by atoms with Crippen molar-refractivity contribution in [2.45, 2.75) is 12.5 Å². The number of aromatic nitrogens is 1. The number of hydrogen-bond donors (Lipinski definition) is 3. The van der Waals surface area contributed by atoms with Gasteiger partial charge in [0.1, 0.15) is 0 Å². The van der Waals surface area contributed by atoms with Crippen LogP contribution >= 0.6 is 0 Å². The van der Waals surface area contributed by atoms with E-state index in [0.29, 0.717) is 13.0 Å². The van der Waals surface area contributed by atoms with Crippen molar-refractivity contribution in [1.29, 1.82) is 0 Å². The van der Waals surface area contributed by atoms with Crippen LogP contribution in [0.5, 0.6) is 0 Å². The van der Waals surface area contributed by atoms with Gasteiger partial charge in [-0.3, -0.25) is 9.78 Å². The lowest BCUT2D eigenvalue weighted by molar-refractivity contribution is -0.122. The molecule has 0 spiro atoms. The maximum Gasteiger partial charge on any atom is 0.237 e. The zero-order valence-corrected chi connectivity index (χ0v) is 9.44. The monoisotopic (exact) mass is 222 g/mol. The molecule has 0 aliphatic rings. The summed E-state index contributed by atoms with van der Waals surface area (Å²) in [5.74, 6) is -0.118. The van der Waals surface area contributed by atoms with Gasteiger partial charge in [0.15, 0.2) is 0 Å². The Bertz CT molecular complexity index is 315. The molecule has 0 saturated carbocycles. The van der Waals surface area contributed by atoms with Crippen molar-refractivity contribution in [3.8, 4) is 0 Å². The molecule has 0 aliphatic carbocycles. The van der Waals surface area contributed by atoms with Crippen molar-refractivity contribution in [1.82, 2.24) is 15.6 Å². The summed E-state index contributed by atoms with van der Waals surface area (Å²) >= 11 is 0. The molecule has 4 N–H and O–H groups in total. The Morgan fingerprint density at radius 1 is 1.44 bits per heavy atom. The van der Waals surface area contributed by atoms with E-state index in [1.807, 2.05) is 19.2 Å². The minimum Gasteiger partial charge on any atom is -0.353 e. The quantitative estimate of drug-likeness (QED) is 0.555. The van der Waals surface area contributed by atoms with Crippen molar-refractivity contribution >= 4 is 5.91 Å². The van der Waals surface area contributed by atoms with Gasteiger partial charge in [-0.15, -0.1) is 0 Å². The highest BCUT2D eigenvalue weighted by molar-refractivity contribution is 5.81. The number of carbonyl (C=O) groups excluding carboxylic acids is 1. The van der Waals surface area contributed by atoms with E-state index in [-0.39, 0.29) is 5.91 Å². The lowest BCUT2D eigenvalue weighted by Gasteiger charge is -2.11. The molecule has 0 bridgehead atoms. The van der Waals surface area contributed by atoms with Crippen LogP contribution in [0.25, 0.3) is 0 Å². The van der Waals surface area contributed by atoms with E-state index in [1.165, 1.54) is 0 Å². The number of amides is 1. The normalized spacial score (nSPS) is 12.1. The van der Waals surface area contributed by atoms with Gasteiger partial charge >= 0.3 is 0 Å². The second kappa shape index (κ2) is 6.92. The van der Waals surface area contributed by atoms with Crippen LogP contribution in [0.15, 0.2) is 24.5 Å². The first kappa shape index (κ1) is 12.6. The molecule has 88 valence electrons. The molecule has 1 rings (SSSR count). The fourth-order valence-electron chi connectivity index (χ4n) is 1.31. The Balaban J connectivity index is 2.34. The fraction of sp³-hybridized carbons (Fsp3) is 0.455. The van der Waals surface area contributed by atoms with Gasteiger partial charge in [0, 0.05) is 25.5 Å². The van der Waals surface area contributed by atoms with Crippen LogP contribution < -0.4 is 16.4 Å². The molecule has 1 aromatic heterocycles. The summed E-state index contributed by atoms with van der Waals surface area (Å²) in [5.41, 5.74) is 6.80. The topological polar surface area (TPSA) is 80.0 Å². The van der Waals surface area contributed by atoms with Gasteiger partial charge in [0.05, 0.1) is 6.04 Å². The molecule has 0 unspecified atom stereocenters. The van der Waals surface area contributed by atoms with Crippen molar-refractivity contribution in [2.75, 3.05) is 20.1 Å². The maximum atomic E-state index is 11.5. The largest absolute Gasteiger partial charge is 0.353 e. The number of nitrogens with one attached hydrogen (secondary N) is 2. The number of likely N-dealkylation sites (N-methyl/N-ethyl adjacent to an activating group) is 1. The van der Waals surface area contributed by atoms with Gasteiger partial charge < -0.3 is 16.4 Å². The van der Waals surface area contributed by atoms with E-state index < -0.39 is 6.04 Å². The minimum absolute atomic E-state index is 0.118. The zero-order chi connectivity index (χ0) is 11.8. The molecule has 0 aliphatic heterocycles. The Hall–Kier alpha value is -1.46. The van der Waals surface area contributed by atoms with Crippen molar-refractivity contribution in [3.63, 3.8) is 0 Å². The number of nitrogens with zero attached hydrogens (tertiary/aromatic N) is 1. The standard InChI is InChI=1S/C11H18N4O/c1-13-6-7-15-11(16)10(12)8-9-2-4-14-5-3-9/h2-5,10,13H,6-8,12H2,1H3,(H,15,16)/t10-/m0/s1. The summed E-state index contributed by atoms with van der Waals surface area (Å²) < 4.78 is 0. The third-order valence-electron chi connectivity index (χ3n) is 2.22. The maximum absolute atomic E-state index is 11.5. The average molecular weight is 222 g/mol. The third-order valence-corrected chi connectivity index (χ3v) is 2.22. The van der Waals surface area contributed by atoms with Crippen LogP contribution in [0.4, 0.5) is 0 Å². The van der Waals surface area contributed by atoms with Crippen LogP contribution in [0.1, 0.15) is 5.56 Å². The van der Waals surface area contributed by atoms with E-state index in [9.17, 15) is 4.79 Å². The zero-order valence-electron chi connectivity index (χ0n) is 9.44. The summed E-state index contributed by atoms with van der Waals surface area (Å²) in [5, 5.41) is 5.71. The van der Waals surface area contributed by atoms with Crippen molar-refractivity contribution < 1.29 is 4.79 Å². The van der Waals surface area contributed by atoms with Gasteiger partial charge in [0.2, 0.25) is 5.91 Å². The Morgan fingerprint density at radius 2 is 2.12 bits per heavy atom. The number of pyridine rings is 1. The number of nitrogens with two attached hydrogens (primary N) is 1. The minimum atomic E-state index is -0.501. The molecule has 1 heterocycles. The van der Waals surface area contributed by atoms with Gasteiger partial charge in [-0.2, -0.15) is 0 Å². The van der Waals surface area contributed by atoms with Crippen molar-refractivity contribution in [2.24, 2.45) is 5.73 Å². The SMILES string of the molecule is CNCCNC(=O)[C@@H](N)Cc1ccncc1. The van der Waals surface area contributed by atoms with Crippen LogP contribution in [-0.4, -0.2) is 37.1 Å². The average Bonchev–Trinajstić information content (AvgIpc) is 2.30. The van der Waals surface area contributed by atoms with Gasteiger partial charge in [-0.05, 0) is 31.2 Å². The summed E-state index contributed by atoms with van der Waals surface area (Å²) in [6.07, 6.45) is 3.93. The van der Waals surface area contributed by atoms with E-state index >= 15 is 0 Å². The summed E-state index contributed by atoms with van der Waals surface area (Å²) in [6, 6.07) is 3.22. The third kappa shape index (κ3) is 4.37. The highest BCUT2D eigenvalue weighted by Crippen LogP contribution is 1.99. The first-order valence-electron chi connectivity index (χ1n) is 5.31. The number of carbonyl (C=O) groups is 1. The second-order valence-corrected chi connectivity index (χ2v) is 3.56. The predicted molar refractivity (Wildman–Crippen MR) is 62.9 cm³/mol. The van der Waals surface area contributed by atoms with Gasteiger partial charge in [-0.1, -0.05) is 0 Å². The molecular weight excluding hydrogens is 204 g/mol. The molecule has 1 atom stereocenters. The first-order valence-corrected chi connectivity index (χ1v) is 5.31. The van der Waals surface area contributed by atoms with Crippen LogP contribution in [0, 0.1) is 0 Å². The van der Waals surface area contributed by atoms with E-state index in [2.05, 4.69) is 15.6 Å². The number of rotatable bonds is 6. The Kier molecular flexibility index (Phi) is 5.45. The van der Waals surface area contributed by atoms with Gasteiger partial charge in [0.25, 0.3) is 0 Å². The van der Waals surface area contributed by atoms with E-state index in [4.69, 9.17) is 5.73 Å². The van der Waals surface area contributed by atoms with Crippen LogP contribution in [0.2, 0.25) is 0 Å². The Morgan fingerprint density at radius 3 is 2.75 bits per heavy atom. The number of hydrogen-bond acceptors (Lipinski definition) is 4. The molecule has 0 aromatic carbocycles. The molecular formula is C11H18N4O. The molecule has 0 radical (unpaired) electrons. The molecule has 5 nitrogen and oxygen atoms in total. The van der Waals surface area contributed by atoms with Gasteiger partial charge in [-0.25, -0.2) is 0 Å². The highest BCUT2D eigenvalue weighted by Gasteiger charge is 2.12. The molecule has 16 heavy (non-hydrogen) atoms. The molecule has 0 saturated heterocycles. The lowest BCUT2D eigenvalue weighted by atomic mass is 10.1. The highest BCUT2D eigenvalue weighted by atomic mass is 16.2. The fourth-order valence-corrected chi connectivity index (χ4v) is 1.31. The molecule has 0 fully saturated rings. The predicted octanol–water partition coefficient (Wildman–Crippen LogP) is -0.713. The molecule has 5 heteroatoms. The first-order chi connectivity index (χ1) is 7.74. The molecule has 1 amide bonds. The van der Waals surface area contributed by atoms with Crippen LogP contribution in [-0.2, 0) is 11.2 Å². The summed E-state index contributed by atoms with van der Waals surface area (Å²) in [6.45, 7) is 1.34. The lowest BCUT2D eigenvalue weighted by Crippen LogP contribution is -2.43. The van der Waals surface area contributed by atoms with E-state index in [1.54, 1.807) is 12.4 Å². The van der Waals surface area contributed by atoms with E-state index in [0.717, 1.165) is 12.1 Å². The van der Waals surface area contributed by atoms with Crippen LogP contribution in [0.3, 0.4) is 0 Å². The second-order valence-electron chi connectivity index (χ2n) is 3.56. The van der Waals surface area contributed by atoms with Crippen molar-refractivity contribution in [3.05, 3.63) is 30.1 Å². The summed E-state index contributed by atoms with van der Waals surface area (Å²) in [7, 11) is 1.84. The molecule has 1 aromatic rings. The smallest absolute Gasteiger partial charge is 0.237 e. The Labute approximate surface area is 95.4 Å².